The molecule has 1 aliphatic rings. The molecule has 0 bridgehead atoms. The van der Waals surface area contributed by atoms with E-state index in [1.54, 1.807) is 37.4 Å². The third kappa shape index (κ3) is 6.76. The van der Waals surface area contributed by atoms with E-state index in [0.29, 0.717) is 61.1 Å². The first-order valence-electron chi connectivity index (χ1n) is 12.2. The highest BCUT2D eigenvalue weighted by Gasteiger charge is 2.37. The second-order valence-electron chi connectivity index (χ2n) is 9.56. The fourth-order valence-electron chi connectivity index (χ4n) is 5.00. The van der Waals surface area contributed by atoms with Crippen LogP contribution >= 0.6 is 11.6 Å². The average Bonchev–Trinajstić information content (AvgIpc) is 2.89. The number of rotatable bonds is 8. The van der Waals surface area contributed by atoms with Crippen LogP contribution in [0.4, 0.5) is 8.78 Å². The minimum absolute atomic E-state index is 0.00648. The van der Waals surface area contributed by atoms with Gasteiger partial charge < -0.3 is 9.84 Å². The summed E-state index contributed by atoms with van der Waals surface area (Å²) in [6.07, 6.45) is 1.96. The number of methoxy groups -OCH3 is 1. The molecule has 3 aromatic rings. The number of alkyl halides is 1. The first-order chi connectivity index (χ1) is 17.8. The Kier molecular flexibility index (Phi) is 8.63. The van der Waals surface area contributed by atoms with Gasteiger partial charge in [-0.1, -0.05) is 23.4 Å². The Morgan fingerprint density at radius 1 is 1.24 bits per heavy atom. The van der Waals surface area contributed by atoms with Gasteiger partial charge >= 0.3 is 5.97 Å². The Morgan fingerprint density at radius 2 is 1.97 bits per heavy atom. The number of pyridine rings is 1. The van der Waals surface area contributed by atoms with Crippen molar-refractivity contribution in [2.75, 3.05) is 26.7 Å². The van der Waals surface area contributed by atoms with E-state index in [1.807, 2.05) is 0 Å². The van der Waals surface area contributed by atoms with Crippen LogP contribution in [0.2, 0.25) is 5.02 Å². The summed E-state index contributed by atoms with van der Waals surface area (Å²) in [6.45, 7) is 1.89. The number of carboxylic acid groups (broad SMARTS) is 1. The number of nitrogens with zero attached hydrogens (tertiary/aromatic N) is 2. The quantitative estimate of drug-likeness (QED) is 0.342. The van der Waals surface area contributed by atoms with Crippen LogP contribution in [0.1, 0.15) is 49.4 Å². The fourth-order valence-corrected chi connectivity index (χ4v) is 5.27. The Morgan fingerprint density at radius 3 is 2.65 bits per heavy atom. The number of piperidine rings is 1. The zero-order valence-corrected chi connectivity index (χ0v) is 21.4. The first-order valence-corrected chi connectivity index (χ1v) is 12.6. The van der Waals surface area contributed by atoms with Crippen molar-refractivity contribution in [1.82, 2.24) is 9.88 Å². The summed E-state index contributed by atoms with van der Waals surface area (Å²) in [4.78, 5) is 18.2. The van der Waals surface area contributed by atoms with Crippen LogP contribution in [0.3, 0.4) is 0 Å². The average molecular weight is 527 g/mol. The van der Waals surface area contributed by atoms with Crippen molar-refractivity contribution in [2.45, 2.75) is 38.3 Å². The number of fused-ring (bicyclic) bond motifs is 1. The molecule has 1 N–H and O–H groups in total. The number of aromatic nitrogens is 1. The maximum absolute atomic E-state index is 15.7. The molecule has 2 aromatic carbocycles. The summed E-state index contributed by atoms with van der Waals surface area (Å²) in [6, 6.07) is 11.3. The van der Waals surface area contributed by atoms with Crippen molar-refractivity contribution >= 4 is 28.5 Å². The second-order valence-corrected chi connectivity index (χ2v) is 9.97. The summed E-state index contributed by atoms with van der Waals surface area (Å²) < 4.78 is 34.0. The molecule has 1 fully saturated rings. The molecule has 1 aliphatic heterocycles. The Labute approximate surface area is 220 Å². The zero-order chi connectivity index (χ0) is 26.4. The topological polar surface area (TPSA) is 62.7 Å². The summed E-state index contributed by atoms with van der Waals surface area (Å²) in [7, 11) is 1.54. The maximum Gasteiger partial charge on any atom is 0.303 e. The van der Waals surface area contributed by atoms with Crippen molar-refractivity contribution in [3.05, 3.63) is 70.6 Å². The Balaban J connectivity index is 1.42. The molecule has 2 heterocycles. The summed E-state index contributed by atoms with van der Waals surface area (Å²) in [5.74, 6) is 5.55. The SMILES string of the molecule is COc1ccc2ncc(Cl)c([C@H](F)CCC3(CC(=O)O)CCN(CC#Cc4ccc(F)cc4)CC3)c2c1. The van der Waals surface area contributed by atoms with E-state index in [4.69, 9.17) is 16.3 Å². The van der Waals surface area contributed by atoms with Gasteiger partial charge in [0, 0.05) is 22.7 Å². The van der Waals surface area contributed by atoms with Gasteiger partial charge in [0.2, 0.25) is 0 Å². The number of benzene rings is 2. The number of halogens is 3. The molecule has 1 aromatic heterocycles. The van der Waals surface area contributed by atoms with Crippen molar-refractivity contribution in [2.24, 2.45) is 5.41 Å². The third-order valence-electron chi connectivity index (χ3n) is 7.13. The number of aliphatic carboxylic acids is 1. The molecule has 0 radical (unpaired) electrons. The Hall–Kier alpha value is -3.21. The monoisotopic (exact) mass is 526 g/mol. The van der Waals surface area contributed by atoms with Crippen LogP contribution in [0.15, 0.2) is 48.7 Å². The molecular weight excluding hydrogens is 498 g/mol. The lowest BCUT2D eigenvalue weighted by Gasteiger charge is -2.41. The molecule has 1 atom stereocenters. The van der Waals surface area contributed by atoms with Gasteiger partial charge in [-0.25, -0.2) is 8.78 Å². The molecule has 1 saturated heterocycles. The molecule has 0 unspecified atom stereocenters. The van der Waals surface area contributed by atoms with E-state index in [9.17, 15) is 14.3 Å². The van der Waals surface area contributed by atoms with Crippen LogP contribution in [-0.2, 0) is 4.79 Å². The molecule has 194 valence electrons. The van der Waals surface area contributed by atoms with Crippen molar-refractivity contribution in [1.29, 1.82) is 0 Å². The minimum Gasteiger partial charge on any atom is -0.497 e. The zero-order valence-electron chi connectivity index (χ0n) is 20.6. The molecule has 0 spiro atoms. The van der Waals surface area contributed by atoms with Gasteiger partial charge in [0.25, 0.3) is 0 Å². The number of hydrogen-bond donors (Lipinski definition) is 1. The van der Waals surface area contributed by atoms with E-state index in [0.717, 1.165) is 5.56 Å². The van der Waals surface area contributed by atoms with E-state index in [-0.39, 0.29) is 23.7 Å². The lowest BCUT2D eigenvalue weighted by Crippen LogP contribution is -2.41. The number of carboxylic acids is 1. The van der Waals surface area contributed by atoms with Gasteiger partial charge in [0.05, 0.1) is 30.6 Å². The number of hydrogen-bond acceptors (Lipinski definition) is 4. The molecule has 37 heavy (non-hydrogen) atoms. The highest BCUT2D eigenvalue weighted by atomic mass is 35.5. The van der Waals surface area contributed by atoms with Gasteiger partial charge in [-0.15, -0.1) is 0 Å². The van der Waals surface area contributed by atoms with Gasteiger partial charge in [0.1, 0.15) is 17.7 Å². The fraction of sp³-hybridized carbons (Fsp3) is 0.379. The minimum atomic E-state index is -1.37. The predicted octanol–water partition coefficient (Wildman–Crippen LogP) is 6.44. The van der Waals surface area contributed by atoms with E-state index >= 15 is 4.39 Å². The summed E-state index contributed by atoms with van der Waals surface area (Å²) in [5.41, 5.74) is 1.24. The van der Waals surface area contributed by atoms with Crippen LogP contribution in [0.25, 0.3) is 10.9 Å². The highest BCUT2D eigenvalue weighted by Crippen LogP contribution is 2.44. The number of ether oxygens (including phenoxy) is 1. The van der Waals surface area contributed by atoms with E-state index < -0.39 is 17.6 Å². The third-order valence-corrected chi connectivity index (χ3v) is 7.43. The lowest BCUT2D eigenvalue weighted by atomic mass is 9.71. The maximum atomic E-state index is 15.7. The van der Waals surface area contributed by atoms with E-state index in [2.05, 4.69) is 21.7 Å². The summed E-state index contributed by atoms with van der Waals surface area (Å²) in [5, 5.41) is 10.5. The van der Waals surface area contributed by atoms with Gasteiger partial charge in [-0.2, -0.15) is 0 Å². The van der Waals surface area contributed by atoms with Crippen molar-refractivity contribution in [3.63, 3.8) is 0 Å². The molecule has 8 heteroatoms. The smallest absolute Gasteiger partial charge is 0.303 e. The standard InChI is InChI=1S/C29H29ClF2N2O3/c1-37-22-8-9-26-23(17-22)28(24(30)19-33-26)25(32)10-11-29(18-27(35)36)12-15-34(16-13-29)14-2-3-20-4-6-21(31)7-5-20/h4-9,17,19,25H,10-16,18H2,1H3,(H,35,36)/t25-/m1/s1. The van der Waals surface area contributed by atoms with Crippen LogP contribution in [0.5, 0.6) is 5.75 Å². The molecule has 0 aliphatic carbocycles. The molecule has 0 amide bonds. The van der Waals surface area contributed by atoms with Crippen LogP contribution < -0.4 is 4.74 Å². The number of likely N-dealkylation sites (tertiary alicyclic amines) is 1. The van der Waals surface area contributed by atoms with E-state index in [1.165, 1.54) is 18.3 Å². The highest BCUT2D eigenvalue weighted by molar-refractivity contribution is 6.32. The van der Waals surface area contributed by atoms with Gasteiger partial charge in [-0.05, 0) is 86.7 Å². The van der Waals surface area contributed by atoms with Crippen LogP contribution in [-0.4, -0.2) is 47.7 Å². The summed E-state index contributed by atoms with van der Waals surface area (Å²) >= 11 is 6.38. The molecule has 4 rings (SSSR count). The normalized spacial score (nSPS) is 16.1. The largest absolute Gasteiger partial charge is 0.497 e. The lowest BCUT2D eigenvalue weighted by molar-refractivity contribution is -0.141. The molecule has 5 nitrogen and oxygen atoms in total. The Bertz CT molecular complexity index is 1310. The first kappa shape index (κ1) is 26.8. The van der Waals surface area contributed by atoms with Crippen molar-refractivity contribution in [3.8, 4) is 17.6 Å². The van der Waals surface area contributed by atoms with Gasteiger partial charge in [-0.3, -0.25) is 14.7 Å². The van der Waals surface area contributed by atoms with Crippen LogP contribution in [0, 0.1) is 23.1 Å². The van der Waals surface area contributed by atoms with Gasteiger partial charge in [0.15, 0.2) is 0 Å². The molecular formula is C29H29ClF2N2O3. The predicted molar refractivity (Wildman–Crippen MR) is 140 cm³/mol. The molecule has 0 saturated carbocycles. The van der Waals surface area contributed by atoms with Crippen molar-refractivity contribution < 1.29 is 23.4 Å². The number of carbonyl (C=O) groups is 1. The second kappa shape index (κ2) is 11.9.